The monoisotopic (exact) mass is 404 g/mol. The van der Waals surface area contributed by atoms with Crippen LogP contribution < -0.4 is 0 Å². The Morgan fingerprint density at radius 2 is 1.89 bits per heavy atom. The molecule has 156 valence electrons. The molecule has 3 nitrogen and oxygen atoms in total. The highest BCUT2D eigenvalue weighted by molar-refractivity contribution is 6.66. The lowest BCUT2D eigenvalue weighted by Crippen LogP contribution is -2.32. The van der Waals surface area contributed by atoms with Gasteiger partial charge >= 0.3 is 0 Å². The average Bonchev–Trinajstić information content (AvgIpc) is 3.07. The maximum Gasteiger partial charge on any atom is 0.225 e. The molecule has 0 aromatic rings. The second-order valence-electron chi connectivity index (χ2n) is 9.26. The van der Waals surface area contributed by atoms with Gasteiger partial charge in [-0.25, -0.2) is 4.99 Å². The van der Waals surface area contributed by atoms with Crippen LogP contribution in [-0.4, -0.2) is 30.1 Å². The Labute approximate surface area is 176 Å². The van der Waals surface area contributed by atoms with E-state index in [0.717, 1.165) is 36.6 Å². The van der Waals surface area contributed by atoms with E-state index in [1.54, 1.807) is 4.90 Å². The number of hydrogen-bond donors (Lipinski definition) is 0. The van der Waals surface area contributed by atoms with E-state index in [1.165, 1.54) is 49.7 Å². The number of allylic oxidation sites excluding steroid dienone is 3. The van der Waals surface area contributed by atoms with Crippen LogP contribution in [0.2, 0.25) is 0 Å². The van der Waals surface area contributed by atoms with Crippen LogP contribution in [0.1, 0.15) is 78.1 Å². The number of hydrogen-bond acceptors (Lipinski definition) is 2. The topological polar surface area (TPSA) is 32.7 Å². The summed E-state index contributed by atoms with van der Waals surface area (Å²) in [6, 6.07) is 0. The molecule has 0 spiro atoms. The first-order valence-electron chi connectivity index (χ1n) is 11.3. The van der Waals surface area contributed by atoms with Crippen molar-refractivity contribution in [3.63, 3.8) is 0 Å². The van der Waals surface area contributed by atoms with E-state index in [-0.39, 0.29) is 11.8 Å². The number of carbonyl (C=O) groups excluding carboxylic acids is 1. The van der Waals surface area contributed by atoms with Crippen molar-refractivity contribution in [2.45, 2.75) is 78.1 Å². The lowest BCUT2D eigenvalue weighted by atomic mass is 9.77. The summed E-state index contributed by atoms with van der Waals surface area (Å²) in [4.78, 5) is 19.8. The SMILES string of the molecule is CCC1CC=C2CC(C(=O)N(C)C)CC(C3CCCCCC3)C(C)=C2N=C1Cl. The van der Waals surface area contributed by atoms with Gasteiger partial charge in [0.05, 0.1) is 5.70 Å². The second kappa shape index (κ2) is 9.61. The summed E-state index contributed by atoms with van der Waals surface area (Å²) in [5, 5.41) is 0.750. The van der Waals surface area contributed by atoms with Crippen LogP contribution in [0, 0.1) is 23.7 Å². The van der Waals surface area contributed by atoms with Crippen LogP contribution in [0.4, 0.5) is 0 Å². The Bertz CT molecular complexity index is 668. The zero-order valence-corrected chi connectivity index (χ0v) is 18.9. The fraction of sp³-hybridized carbons (Fsp3) is 0.750. The lowest BCUT2D eigenvalue weighted by Gasteiger charge is -2.29. The van der Waals surface area contributed by atoms with Crippen LogP contribution in [-0.2, 0) is 4.79 Å². The summed E-state index contributed by atoms with van der Waals surface area (Å²) in [6.07, 6.45) is 13.9. The average molecular weight is 405 g/mol. The van der Waals surface area contributed by atoms with Crippen molar-refractivity contribution in [2.75, 3.05) is 14.1 Å². The minimum Gasteiger partial charge on any atom is -0.349 e. The molecule has 28 heavy (non-hydrogen) atoms. The van der Waals surface area contributed by atoms with Gasteiger partial charge in [-0.15, -0.1) is 0 Å². The van der Waals surface area contributed by atoms with Gasteiger partial charge in [-0.05, 0) is 68.4 Å². The highest BCUT2D eigenvalue weighted by Gasteiger charge is 2.36. The molecule has 3 atom stereocenters. The molecule has 4 heteroatoms. The predicted molar refractivity (Wildman–Crippen MR) is 119 cm³/mol. The van der Waals surface area contributed by atoms with E-state index in [9.17, 15) is 4.79 Å². The maximum absolute atomic E-state index is 13.0. The highest BCUT2D eigenvalue weighted by Crippen LogP contribution is 2.45. The predicted octanol–water partition coefficient (Wildman–Crippen LogP) is 6.34. The fourth-order valence-electron chi connectivity index (χ4n) is 5.43. The Kier molecular flexibility index (Phi) is 7.42. The second-order valence-corrected chi connectivity index (χ2v) is 9.65. The zero-order valence-electron chi connectivity index (χ0n) is 18.1. The minimum absolute atomic E-state index is 0.0501. The van der Waals surface area contributed by atoms with Gasteiger partial charge in [0.2, 0.25) is 5.91 Å². The van der Waals surface area contributed by atoms with E-state index in [0.29, 0.717) is 17.8 Å². The van der Waals surface area contributed by atoms with Gasteiger partial charge in [0.15, 0.2) is 0 Å². The molecule has 1 heterocycles. The molecule has 0 radical (unpaired) electrons. The van der Waals surface area contributed by atoms with E-state index in [1.807, 2.05) is 14.1 Å². The van der Waals surface area contributed by atoms with Gasteiger partial charge in [-0.2, -0.15) is 0 Å². The first-order chi connectivity index (χ1) is 13.4. The molecule has 1 saturated carbocycles. The van der Waals surface area contributed by atoms with Gasteiger partial charge in [-0.1, -0.05) is 50.3 Å². The molecule has 1 aliphatic heterocycles. The summed E-state index contributed by atoms with van der Waals surface area (Å²) < 4.78 is 0. The number of halogens is 1. The molecule has 2 aliphatic carbocycles. The molecule has 3 aliphatic rings. The quantitative estimate of drug-likeness (QED) is 0.505. The Hall–Kier alpha value is -1.09. The molecule has 0 N–H and O–H groups in total. The molecule has 1 fully saturated rings. The normalized spacial score (nSPS) is 29.8. The first-order valence-corrected chi connectivity index (χ1v) is 11.7. The number of amides is 1. The summed E-state index contributed by atoms with van der Waals surface area (Å²) in [7, 11) is 3.78. The van der Waals surface area contributed by atoms with Gasteiger partial charge in [-0.3, -0.25) is 4.79 Å². The summed E-state index contributed by atoms with van der Waals surface area (Å²) >= 11 is 6.64. The third-order valence-corrected chi connectivity index (χ3v) is 7.59. The van der Waals surface area contributed by atoms with Crippen molar-refractivity contribution in [3.8, 4) is 0 Å². The third-order valence-electron chi connectivity index (χ3n) is 7.19. The van der Waals surface area contributed by atoms with Gasteiger partial charge in [0.25, 0.3) is 0 Å². The summed E-state index contributed by atoms with van der Waals surface area (Å²) in [6.45, 7) is 4.44. The van der Waals surface area contributed by atoms with Crippen molar-refractivity contribution in [2.24, 2.45) is 28.7 Å². The molecular formula is C24H37ClN2O. The fourth-order valence-corrected chi connectivity index (χ4v) is 5.75. The van der Waals surface area contributed by atoms with E-state index >= 15 is 0 Å². The highest BCUT2D eigenvalue weighted by atomic mass is 35.5. The first kappa shape index (κ1) is 21.6. The number of nitrogens with zero attached hydrogens (tertiary/aromatic N) is 2. The zero-order chi connectivity index (χ0) is 20.3. The van der Waals surface area contributed by atoms with Crippen LogP contribution in [0.5, 0.6) is 0 Å². The molecule has 0 aromatic carbocycles. The van der Waals surface area contributed by atoms with Gasteiger partial charge < -0.3 is 4.90 Å². The van der Waals surface area contributed by atoms with Crippen molar-refractivity contribution in [1.29, 1.82) is 0 Å². The molecule has 0 aromatic heterocycles. The number of aliphatic imine (C=N–C) groups is 1. The molecule has 1 amide bonds. The van der Waals surface area contributed by atoms with Gasteiger partial charge in [0, 0.05) is 25.9 Å². The largest absolute Gasteiger partial charge is 0.349 e. The Morgan fingerprint density at radius 3 is 2.50 bits per heavy atom. The van der Waals surface area contributed by atoms with E-state index in [4.69, 9.17) is 16.6 Å². The maximum atomic E-state index is 13.0. The molecule has 0 saturated heterocycles. The van der Waals surface area contributed by atoms with Crippen molar-refractivity contribution >= 4 is 22.7 Å². The minimum atomic E-state index is 0.0501. The van der Waals surface area contributed by atoms with Gasteiger partial charge in [0.1, 0.15) is 5.17 Å². The summed E-state index contributed by atoms with van der Waals surface area (Å²) in [5.74, 6) is 1.74. The number of fused-ring (bicyclic) bond motifs is 1. The van der Waals surface area contributed by atoms with Crippen molar-refractivity contribution in [3.05, 3.63) is 22.9 Å². The number of rotatable bonds is 3. The molecule has 0 bridgehead atoms. The van der Waals surface area contributed by atoms with Crippen molar-refractivity contribution < 1.29 is 4.79 Å². The Morgan fingerprint density at radius 1 is 1.21 bits per heavy atom. The third kappa shape index (κ3) is 4.72. The lowest BCUT2D eigenvalue weighted by molar-refractivity contribution is -0.133. The summed E-state index contributed by atoms with van der Waals surface area (Å²) in [5.41, 5.74) is 3.73. The standard InChI is InChI=1S/C24H37ClN2O/c1-5-17-12-13-19-14-20(24(28)27(3)4)15-21(16(2)22(19)26-23(17)25)18-10-8-6-7-9-11-18/h13,17-18,20-21H,5-12,14-15H2,1-4H3. The van der Waals surface area contributed by atoms with Crippen LogP contribution >= 0.6 is 11.6 Å². The van der Waals surface area contributed by atoms with Crippen LogP contribution in [0.15, 0.2) is 27.9 Å². The van der Waals surface area contributed by atoms with Crippen LogP contribution in [0.25, 0.3) is 0 Å². The van der Waals surface area contributed by atoms with Crippen molar-refractivity contribution in [1.82, 2.24) is 4.90 Å². The number of carbonyl (C=O) groups is 1. The Balaban J connectivity index is 2.03. The molecule has 3 unspecified atom stereocenters. The van der Waals surface area contributed by atoms with E-state index < -0.39 is 0 Å². The van der Waals surface area contributed by atoms with Crippen LogP contribution in [0.3, 0.4) is 0 Å². The molecule has 3 rings (SSSR count). The smallest absolute Gasteiger partial charge is 0.225 e. The van der Waals surface area contributed by atoms with E-state index in [2.05, 4.69) is 19.9 Å². The molecular weight excluding hydrogens is 368 g/mol.